The lowest BCUT2D eigenvalue weighted by molar-refractivity contribution is 0.102. The van der Waals surface area contributed by atoms with Crippen LogP contribution < -0.4 is 9.62 Å². The van der Waals surface area contributed by atoms with Crippen molar-refractivity contribution < 1.29 is 17.6 Å². The van der Waals surface area contributed by atoms with Crippen LogP contribution in [0.15, 0.2) is 42.5 Å². The molecule has 1 aliphatic rings. The third-order valence-electron chi connectivity index (χ3n) is 4.74. The molecule has 1 aliphatic heterocycles. The van der Waals surface area contributed by atoms with E-state index in [0.29, 0.717) is 29.5 Å². The smallest absolute Gasteiger partial charge is 0.260 e. The first-order valence-corrected chi connectivity index (χ1v) is 11.5. The summed E-state index contributed by atoms with van der Waals surface area (Å²) in [4.78, 5) is 17.7. The zero-order chi connectivity index (χ0) is 20.8. The number of aryl methyl sites for hydroxylation is 1. The lowest BCUT2D eigenvalue weighted by Gasteiger charge is -2.16. The van der Waals surface area contributed by atoms with Gasteiger partial charge >= 0.3 is 0 Å². The molecular weight excluding hydrogens is 413 g/mol. The van der Waals surface area contributed by atoms with Crippen LogP contribution in [-0.2, 0) is 16.4 Å². The van der Waals surface area contributed by atoms with Gasteiger partial charge in [0.25, 0.3) is 5.91 Å². The number of aromatic nitrogens is 1. The van der Waals surface area contributed by atoms with Crippen molar-refractivity contribution in [1.29, 1.82) is 0 Å². The number of amides is 1. The second-order valence-electron chi connectivity index (χ2n) is 6.79. The highest BCUT2D eigenvalue weighted by molar-refractivity contribution is 7.92. The molecule has 150 valence electrons. The van der Waals surface area contributed by atoms with Crippen molar-refractivity contribution in [2.24, 2.45) is 0 Å². The van der Waals surface area contributed by atoms with E-state index in [4.69, 9.17) is 0 Å². The van der Waals surface area contributed by atoms with Crippen LogP contribution in [0.3, 0.4) is 0 Å². The Morgan fingerprint density at radius 2 is 2.00 bits per heavy atom. The first kappa shape index (κ1) is 19.5. The number of hydrogen-bond acceptors (Lipinski definition) is 5. The molecule has 0 unspecified atom stereocenters. The van der Waals surface area contributed by atoms with Crippen molar-refractivity contribution in [2.75, 3.05) is 22.4 Å². The van der Waals surface area contributed by atoms with Crippen LogP contribution in [0.5, 0.6) is 0 Å². The van der Waals surface area contributed by atoms with Crippen molar-refractivity contribution in [3.63, 3.8) is 0 Å². The molecule has 0 spiro atoms. The number of carbonyl (C=O) groups excluding carboxylic acids is 1. The number of nitrogens with one attached hydrogen (secondary N) is 1. The summed E-state index contributed by atoms with van der Waals surface area (Å²) >= 11 is 1.30. The van der Waals surface area contributed by atoms with Gasteiger partial charge in [0.1, 0.15) is 5.82 Å². The minimum Gasteiger partial charge on any atom is -0.298 e. The van der Waals surface area contributed by atoms with E-state index in [-0.39, 0.29) is 5.56 Å². The van der Waals surface area contributed by atoms with Gasteiger partial charge in [0.05, 0.1) is 23.2 Å². The number of sulfonamides is 1. The molecule has 0 aliphatic carbocycles. The molecule has 9 heteroatoms. The molecule has 0 saturated heterocycles. The van der Waals surface area contributed by atoms with Gasteiger partial charge in [-0.2, -0.15) is 0 Å². The minimum absolute atomic E-state index is 0.0414. The summed E-state index contributed by atoms with van der Waals surface area (Å²) in [6.45, 7) is 2.32. The fourth-order valence-corrected chi connectivity index (χ4v) is 5.18. The zero-order valence-electron chi connectivity index (χ0n) is 15.8. The number of carbonyl (C=O) groups is 1. The molecule has 1 aromatic heterocycles. The van der Waals surface area contributed by atoms with Gasteiger partial charge in [-0.1, -0.05) is 18.2 Å². The van der Waals surface area contributed by atoms with Crippen LogP contribution in [0.2, 0.25) is 0 Å². The lowest BCUT2D eigenvalue weighted by atomic mass is 10.1. The van der Waals surface area contributed by atoms with E-state index < -0.39 is 21.7 Å². The molecule has 4 rings (SSSR count). The maximum atomic E-state index is 13.8. The zero-order valence-corrected chi connectivity index (χ0v) is 17.4. The molecule has 0 bridgehead atoms. The van der Waals surface area contributed by atoms with Crippen LogP contribution in [0.1, 0.15) is 20.8 Å². The molecule has 0 saturated carbocycles. The molecule has 3 aromatic rings. The van der Waals surface area contributed by atoms with Crippen molar-refractivity contribution in [3.8, 4) is 11.3 Å². The molecule has 0 atom stereocenters. The molecule has 29 heavy (non-hydrogen) atoms. The maximum absolute atomic E-state index is 13.8. The summed E-state index contributed by atoms with van der Waals surface area (Å²) < 4.78 is 39.0. The quantitative estimate of drug-likeness (QED) is 0.681. The van der Waals surface area contributed by atoms with E-state index in [9.17, 15) is 17.6 Å². The van der Waals surface area contributed by atoms with Crippen LogP contribution in [0.4, 0.5) is 15.2 Å². The highest BCUT2D eigenvalue weighted by atomic mass is 32.2. The molecule has 6 nitrogen and oxygen atoms in total. The monoisotopic (exact) mass is 431 g/mol. The number of halogens is 1. The summed E-state index contributed by atoms with van der Waals surface area (Å²) in [5.41, 5.74) is 3.15. The fraction of sp³-hybridized carbons (Fsp3) is 0.200. The Kier molecular flexibility index (Phi) is 4.87. The van der Waals surface area contributed by atoms with Crippen molar-refractivity contribution in [3.05, 3.63) is 64.3 Å². The van der Waals surface area contributed by atoms with E-state index in [1.54, 1.807) is 12.1 Å². The molecule has 2 aromatic carbocycles. The Balaban J connectivity index is 1.61. The molecule has 2 heterocycles. The fourth-order valence-electron chi connectivity index (χ4n) is 3.39. The van der Waals surface area contributed by atoms with Gasteiger partial charge in [-0.25, -0.2) is 17.8 Å². The van der Waals surface area contributed by atoms with E-state index in [2.05, 4.69) is 10.3 Å². The molecule has 0 radical (unpaired) electrons. The van der Waals surface area contributed by atoms with Crippen LogP contribution in [0.25, 0.3) is 11.3 Å². The Morgan fingerprint density at radius 3 is 2.72 bits per heavy atom. The minimum atomic E-state index is -3.30. The van der Waals surface area contributed by atoms with E-state index in [1.807, 2.05) is 19.1 Å². The number of nitrogens with zero attached hydrogens (tertiary/aromatic N) is 2. The van der Waals surface area contributed by atoms with Gasteiger partial charge in [-0.15, -0.1) is 11.3 Å². The topological polar surface area (TPSA) is 79.4 Å². The molecule has 1 N–H and O–H groups in total. The highest BCUT2D eigenvalue weighted by Gasteiger charge is 2.26. The van der Waals surface area contributed by atoms with Crippen LogP contribution in [-0.4, -0.2) is 32.1 Å². The Hall–Kier alpha value is -2.78. The SMILES string of the molecule is Cc1sc(NC(=O)c2ccccc2F)nc1-c1ccc2c(c1)CCN2S(C)(=O)=O. The van der Waals surface area contributed by atoms with Crippen molar-refractivity contribution in [1.82, 2.24) is 4.98 Å². The highest BCUT2D eigenvalue weighted by Crippen LogP contribution is 2.36. The number of rotatable bonds is 4. The second kappa shape index (κ2) is 7.23. The summed E-state index contributed by atoms with van der Waals surface area (Å²) in [5, 5.41) is 3.03. The van der Waals surface area contributed by atoms with E-state index >= 15 is 0 Å². The summed E-state index contributed by atoms with van der Waals surface area (Å²) in [7, 11) is -3.30. The normalized spacial score (nSPS) is 13.4. The first-order chi connectivity index (χ1) is 13.7. The average molecular weight is 432 g/mol. The van der Waals surface area contributed by atoms with Crippen LogP contribution >= 0.6 is 11.3 Å². The lowest BCUT2D eigenvalue weighted by Crippen LogP contribution is -2.27. The van der Waals surface area contributed by atoms with Gasteiger partial charge in [0.2, 0.25) is 10.0 Å². The molecule has 1 amide bonds. The van der Waals surface area contributed by atoms with Gasteiger partial charge in [0, 0.05) is 17.0 Å². The number of anilines is 2. The predicted octanol–water partition coefficient (Wildman–Crippen LogP) is 3.83. The summed E-state index contributed by atoms with van der Waals surface area (Å²) in [5.74, 6) is -1.14. The Morgan fingerprint density at radius 1 is 1.24 bits per heavy atom. The van der Waals surface area contributed by atoms with Gasteiger partial charge in [-0.05, 0) is 43.2 Å². The maximum Gasteiger partial charge on any atom is 0.260 e. The standard InChI is InChI=1S/C20H18FN3O3S2/c1-12-18(14-7-8-17-13(11-14)9-10-24(17)29(2,26)27)22-20(28-12)23-19(25)15-5-3-4-6-16(15)21/h3-8,11H,9-10H2,1-2H3,(H,22,23,25). The van der Waals surface area contributed by atoms with Crippen molar-refractivity contribution in [2.45, 2.75) is 13.3 Å². The average Bonchev–Trinajstić information content (AvgIpc) is 3.24. The van der Waals surface area contributed by atoms with Crippen LogP contribution in [0, 0.1) is 12.7 Å². The van der Waals surface area contributed by atoms with Gasteiger partial charge < -0.3 is 0 Å². The molecule has 0 fully saturated rings. The first-order valence-electron chi connectivity index (χ1n) is 8.88. The number of fused-ring (bicyclic) bond motifs is 1. The largest absolute Gasteiger partial charge is 0.298 e. The van der Waals surface area contributed by atoms with Gasteiger partial charge in [-0.3, -0.25) is 14.4 Å². The number of hydrogen-bond donors (Lipinski definition) is 1. The summed E-state index contributed by atoms with van der Waals surface area (Å²) in [6.07, 6.45) is 1.83. The van der Waals surface area contributed by atoms with E-state index in [1.165, 1.54) is 40.1 Å². The molecular formula is C20H18FN3O3S2. The second-order valence-corrected chi connectivity index (χ2v) is 9.90. The number of thiazole rings is 1. The third-order valence-corrected chi connectivity index (χ3v) is 6.81. The third kappa shape index (κ3) is 3.75. The summed E-state index contributed by atoms with van der Waals surface area (Å²) in [6, 6.07) is 11.3. The van der Waals surface area contributed by atoms with Gasteiger partial charge in [0.15, 0.2) is 5.13 Å². The number of benzene rings is 2. The Labute approximate surface area is 172 Å². The Bertz CT molecular complexity index is 1220. The van der Waals surface area contributed by atoms with E-state index in [0.717, 1.165) is 16.0 Å². The van der Waals surface area contributed by atoms with Crippen molar-refractivity contribution >= 4 is 38.1 Å². The predicted molar refractivity (Wildman–Crippen MR) is 113 cm³/mol.